The van der Waals surface area contributed by atoms with Gasteiger partial charge in [0, 0.05) is 36.8 Å². The van der Waals surface area contributed by atoms with Crippen molar-refractivity contribution in [1.82, 2.24) is 10.6 Å². The van der Waals surface area contributed by atoms with Crippen molar-refractivity contribution < 1.29 is 0 Å². The highest BCUT2D eigenvalue weighted by atomic mass is 35.5. The number of allylic oxidation sites excluding steroid dienone is 1. The predicted octanol–water partition coefficient (Wildman–Crippen LogP) is 4.04. The monoisotopic (exact) mass is 385 g/mol. The molecule has 2 N–H and O–H groups in total. The first-order valence-corrected chi connectivity index (χ1v) is 9.57. The van der Waals surface area contributed by atoms with Crippen LogP contribution in [-0.2, 0) is 0 Å². The Labute approximate surface area is 167 Å². The largest absolute Gasteiger partial charge is 0.368 e. The highest BCUT2D eigenvalue weighted by molar-refractivity contribution is 6.69. The number of amidine groups is 1. The SMILES string of the molecule is C=C/N=C1/CC=C(c2ccc(C)c(Cl)c2)N=C(NCCCCNC)/C1=N/C. The molecule has 1 aromatic rings. The smallest absolute Gasteiger partial charge is 0.154 e. The summed E-state index contributed by atoms with van der Waals surface area (Å²) in [5, 5.41) is 7.34. The zero-order chi connectivity index (χ0) is 19.6. The van der Waals surface area contributed by atoms with Gasteiger partial charge in [0.15, 0.2) is 5.84 Å². The van der Waals surface area contributed by atoms with Crippen LogP contribution in [0.2, 0.25) is 5.02 Å². The molecule has 144 valence electrons. The molecule has 1 aromatic carbocycles. The third-order valence-corrected chi connectivity index (χ3v) is 4.71. The van der Waals surface area contributed by atoms with Crippen molar-refractivity contribution in [2.24, 2.45) is 15.0 Å². The highest BCUT2D eigenvalue weighted by Gasteiger charge is 2.19. The van der Waals surface area contributed by atoms with Crippen molar-refractivity contribution in [1.29, 1.82) is 0 Å². The third kappa shape index (κ3) is 5.88. The van der Waals surface area contributed by atoms with Gasteiger partial charge in [0.25, 0.3) is 0 Å². The highest BCUT2D eigenvalue weighted by Crippen LogP contribution is 2.25. The lowest BCUT2D eigenvalue weighted by Gasteiger charge is -2.12. The van der Waals surface area contributed by atoms with Crippen LogP contribution in [0.5, 0.6) is 0 Å². The number of rotatable bonds is 7. The lowest BCUT2D eigenvalue weighted by atomic mass is 10.1. The molecule has 0 saturated carbocycles. The first kappa shape index (κ1) is 21.1. The van der Waals surface area contributed by atoms with E-state index < -0.39 is 0 Å². The van der Waals surface area contributed by atoms with E-state index >= 15 is 0 Å². The molecule has 0 unspecified atom stereocenters. The Bertz CT molecular complexity index is 790. The van der Waals surface area contributed by atoms with Crippen molar-refractivity contribution >= 4 is 34.6 Å². The number of aliphatic imine (C=N–C) groups is 3. The molecule has 5 nitrogen and oxygen atoms in total. The summed E-state index contributed by atoms with van der Waals surface area (Å²) in [5.74, 6) is 0.739. The number of nitrogens with zero attached hydrogens (tertiary/aromatic N) is 3. The molecule has 0 aromatic heterocycles. The van der Waals surface area contributed by atoms with Crippen molar-refractivity contribution in [3.63, 3.8) is 0 Å². The summed E-state index contributed by atoms with van der Waals surface area (Å²) in [6.45, 7) is 7.54. The molecule has 0 bridgehead atoms. The second kappa shape index (κ2) is 10.8. The van der Waals surface area contributed by atoms with Gasteiger partial charge in [-0.25, -0.2) is 4.99 Å². The van der Waals surface area contributed by atoms with E-state index in [9.17, 15) is 0 Å². The molecule has 0 amide bonds. The van der Waals surface area contributed by atoms with E-state index in [-0.39, 0.29) is 0 Å². The number of nitrogens with one attached hydrogen (secondary N) is 2. The lowest BCUT2D eigenvalue weighted by molar-refractivity contribution is 0.665. The van der Waals surface area contributed by atoms with Crippen molar-refractivity contribution in [2.45, 2.75) is 26.2 Å². The molecule has 0 aliphatic carbocycles. The van der Waals surface area contributed by atoms with E-state index in [0.29, 0.717) is 6.42 Å². The Morgan fingerprint density at radius 2 is 2.07 bits per heavy atom. The minimum Gasteiger partial charge on any atom is -0.368 e. The Hall–Kier alpha value is -2.24. The predicted molar refractivity (Wildman–Crippen MR) is 118 cm³/mol. The average Bonchev–Trinajstić information content (AvgIpc) is 2.83. The summed E-state index contributed by atoms with van der Waals surface area (Å²) < 4.78 is 0. The lowest BCUT2D eigenvalue weighted by Crippen LogP contribution is -2.36. The fourth-order valence-electron chi connectivity index (χ4n) is 2.80. The first-order chi connectivity index (χ1) is 13.1. The molecular formula is C21H28ClN5. The number of halogens is 1. The molecule has 1 heterocycles. The minimum atomic E-state index is 0.633. The molecular weight excluding hydrogens is 358 g/mol. The van der Waals surface area contributed by atoms with Gasteiger partial charge in [-0.3, -0.25) is 9.98 Å². The second-order valence-electron chi connectivity index (χ2n) is 6.29. The summed E-state index contributed by atoms with van der Waals surface area (Å²) >= 11 is 6.32. The van der Waals surface area contributed by atoms with Gasteiger partial charge in [0.1, 0.15) is 5.71 Å². The van der Waals surface area contributed by atoms with Gasteiger partial charge >= 0.3 is 0 Å². The molecule has 0 atom stereocenters. The molecule has 1 aliphatic rings. The van der Waals surface area contributed by atoms with E-state index in [1.807, 2.05) is 32.2 Å². The molecule has 0 radical (unpaired) electrons. The molecule has 6 heteroatoms. The van der Waals surface area contributed by atoms with Crippen LogP contribution >= 0.6 is 11.6 Å². The average molecular weight is 386 g/mol. The molecule has 27 heavy (non-hydrogen) atoms. The van der Waals surface area contributed by atoms with E-state index in [2.05, 4.69) is 33.3 Å². The summed E-state index contributed by atoms with van der Waals surface area (Å²) in [6, 6.07) is 6.01. The minimum absolute atomic E-state index is 0.633. The maximum Gasteiger partial charge on any atom is 0.154 e. The van der Waals surface area contributed by atoms with Crippen LogP contribution in [0.3, 0.4) is 0 Å². The molecule has 1 aliphatic heterocycles. The maximum absolute atomic E-state index is 6.32. The normalized spacial score (nSPS) is 17.5. The van der Waals surface area contributed by atoms with E-state index in [4.69, 9.17) is 16.6 Å². The van der Waals surface area contributed by atoms with Crippen molar-refractivity contribution in [3.05, 3.63) is 53.2 Å². The van der Waals surface area contributed by atoms with Crippen LogP contribution in [0.15, 0.2) is 52.0 Å². The van der Waals surface area contributed by atoms with Crippen LogP contribution < -0.4 is 10.6 Å². The van der Waals surface area contributed by atoms with Crippen molar-refractivity contribution in [2.75, 3.05) is 27.2 Å². The van der Waals surface area contributed by atoms with Gasteiger partial charge in [-0.1, -0.05) is 36.4 Å². The summed E-state index contributed by atoms with van der Waals surface area (Å²) in [7, 11) is 3.73. The number of hydrogen-bond acceptors (Lipinski definition) is 5. The summed E-state index contributed by atoms with van der Waals surface area (Å²) in [5.41, 5.74) is 4.52. The standard InChI is InChI=1S/C21H28ClN5/c1-5-25-19-11-10-18(16-9-8-15(2)17(22)14-16)27-21(20(19)24-4)26-13-7-6-12-23-3/h5,8-10,14,23H,1,6-7,11-13H2,2-4H3,(H,26,27)/b24-20+,25-19-. The van der Waals surface area contributed by atoms with Crippen LogP contribution in [0.25, 0.3) is 5.70 Å². The van der Waals surface area contributed by atoms with Gasteiger partial charge in [0.05, 0.1) is 11.4 Å². The van der Waals surface area contributed by atoms with Crippen LogP contribution in [0.1, 0.15) is 30.4 Å². The van der Waals surface area contributed by atoms with Crippen LogP contribution in [-0.4, -0.2) is 44.4 Å². The fourth-order valence-corrected chi connectivity index (χ4v) is 2.98. The van der Waals surface area contributed by atoms with Crippen molar-refractivity contribution in [3.8, 4) is 0 Å². The Morgan fingerprint density at radius 1 is 1.30 bits per heavy atom. The topological polar surface area (TPSA) is 61.1 Å². The second-order valence-corrected chi connectivity index (χ2v) is 6.69. The van der Waals surface area contributed by atoms with Gasteiger partial charge in [-0.15, -0.1) is 0 Å². The Kier molecular flexibility index (Phi) is 8.43. The zero-order valence-corrected chi connectivity index (χ0v) is 17.1. The Balaban J connectivity index is 2.34. The van der Waals surface area contributed by atoms with Crippen LogP contribution in [0, 0.1) is 6.92 Å². The van der Waals surface area contributed by atoms with E-state index in [0.717, 1.165) is 65.0 Å². The number of aryl methyl sites for hydroxylation is 1. The summed E-state index contributed by atoms with van der Waals surface area (Å²) in [4.78, 5) is 13.7. The third-order valence-electron chi connectivity index (χ3n) is 4.30. The molecule has 0 spiro atoms. The molecule has 0 fully saturated rings. The van der Waals surface area contributed by atoms with Gasteiger partial charge in [-0.2, -0.15) is 0 Å². The fraction of sp³-hybridized carbons (Fsp3) is 0.381. The number of hydrogen-bond donors (Lipinski definition) is 2. The van der Waals surface area contributed by atoms with E-state index in [1.165, 1.54) is 0 Å². The van der Waals surface area contributed by atoms with Crippen LogP contribution in [0.4, 0.5) is 0 Å². The van der Waals surface area contributed by atoms with Gasteiger partial charge in [0.2, 0.25) is 0 Å². The van der Waals surface area contributed by atoms with Gasteiger partial charge in [-0.05, 0) is 45.0 Å². The maximum atomic E-state index is 6.32. The quantitative estimate of drug-likeness (QED) is 0.696. The van der Waals surface area contributed by atoms with E-state index in [1.54, 1.807) is 13.2 Å². The molecule has 0 saturated heterocycles. The zero-order valence-electron chi connectivity index (χ0n) is 16.3. The molecule has 2 rings (SSSR count). The Morgan fingerprint density at radius 3 is 2.74 bits per heavy atom. The first-order valence-electron chi connectivity index (χ1n) is 9.19. The summed E-state index contributed by atoms with van der Waals surface area (Å²) in [6.07, 6.45) is 6.38. The number of benzene rings is 1. The van der Waals surface area contributed by atoms with Gasteiger partial charge < -0.3 is 10.6 Å². The number of unbranched alkanes of at least 4 members (excludes halogenated alkanes) is 1.